The van der Waals surface area contributed by atoms with Crippen LogP contribution < -0.4 is 5.32 Å². The van der Waals surface area contributed by atoms with Crippen LogP contribution in [0.3, 0.4) is 0 Å². The molecule has 0 atom stereocenters. The zero-order chi connectivity index (χ0) is 17.9. The normalized spacial score (nSPS) is 16.0. The highest BCUT2D eigenvalue weighted by molar-refractivity contribution is 7.88. The van der Waals surface area contributed by atoms with Crippen LogP contribution in [-0.4, -0.2) is 44.0 Å². The number of hydrogen-bond donors (Lipinski definition) is 1. The Bertz CT molecular complexity index is 842. The van der Waals surface area contributed by atoms with Crippen LogP contribution in [0.5, 0.6) is 0 Å². The maximum atomic E-state index is 12.1. The van der Waals surface area contributed by atoms with Gasteiger partial charge in [-0.1, -0.05) is 18.2 Å². The van der Waals surface area contributed by atoms with Crippen LogP contribution in [0, 0.1) is 6.92 Å². The Hall–Kier alpha value is -2.68. The number of ether oxygens (including phenoxy) is 1. The van der Waals surface area contributed by atoms with Crippen LogP contribution in [0.2, 0.25) is 0 Å². The van der Waals surface area contributed by atoms with Gasteiger partial charge in [-0.05, 0) is 25.5 Å². The molecule has 2 rings (SSSR count). The lowest BCUT2D eigenvalue weighted by Gasteiger charge is -2.22. The van der Waals surface area contributed by atoms with Crippen molar-refractivity contribution in [3.63, 3.8) is 0 Å². The zero-order valence-corrected chi connectivity index (χ0v) is 14.3. The number of para-hydroxylation sites is 1. The Balaban J connectivity index is 2.21. The van der Waals surface area contributed by atoms with Crippen LogP contribution in [0.1, 0.15) is 12.5 Å². The third-order valence-electron chi connectivity index (χ3n) is 3.34. The molecule has 0 spiro atoms. The number of amides is 1. The van der Waals surface area contributed by atoms with Crippen molar-refractivity contribution in [2.45, 2.75) is 13.8 Å². The summed E-state index contributed by atoms with van der Waals surface area (Å²) in [5.41, 5.74) is 1.41. The minimum absolute atomic E-state index is 0.0115. The number of nitrogens with one attached hydrogen (secondary N) is 1. The number of esters is 1. The molecular formula is C15H17N3O5S. The highest BCUT2D eigenvalue weighted by atomic mass is 32.2. The predicted octanol–water partition coefficient (Wildman–Crippen LogP) is 1.01. The number of benzene rings is 1. The predicted molar refractivity (Wildman–Crippen MR) is 88.6 cm³/mol. The fourth-order valence-corrected chi connectivity index (χ4v) is 3.13. The highest BCUT2D eigenvalue weighted by Crippen LogP contribution is 2.18. The third kappa shape index (κ3) is 3.80. The number of anilines is 1. The van der Waals surface area contributed by atoms with E-state index >= 15 is 0 Å². The van der Waals surface area contributed by atoms with Crippen molar-refractivity contribution < 1.29 is 22.7 Å². The average Bonchev–Trinajstić information content (AvgIpc) is 2.51. The monoisotopic (exact) mass is 351 g/mol. The molecule has 0 unspecified atom stereocenters. The molecule has 1 amide bonds. The number of carbonyl (C=O) groups is 2. The minimum atomic E-state index is -4.07. The van der Waals surface area contributed by atoms with E-state index in [-0.39, 0.29) is 11.3 Å². The maximum Gasteiger partial charge on any atom is 0.344 e. The molecule has 9 heteroatoms. The zero-order valence-electron chi connectivity index (χ0n) is 13.4. The largest absolute Gasteiger partial charge is 0.465 e. The maximum absolute atomic E-state index is 12.1. The smallest absolute Gasteiger partial charge is 0.344 e. The van der Waals surface area contributed by atoms with Crippen LogP contribution in [0.4, 0.5) is 5.69 Å². The molecule has 1 aliphatic rings. The molecule has 0 bridgehead atoms. The van der Waals surface area contributed by atoms with Gasteiger partial charge in [0.1, 0.15) is 6.54 Å². The van der Waals surface area contributed by atoms with E-state index in [2.05, 4.69) is 14.5 Å². The fraction of sp³-hybridized carbons (Fsp3) is 0.267. The van der Waals surface area contributed by atoms with Gasteiger partial charge in [-0.25, -0.2) is 9.10 Å². The second kappa shape index (κ2) is 6.83. The number of carbonyl (C=O) groups excluding carboxylic acids is 2. The van der Waals surface area contributed by atoms with Crippen LogP contribution in [0.25, 0.3) is 0 Å². The van der Waals surface area contributed by atoms with Crippen LogP contribution in [-0.2, 0) is 24.5 Å². The Morgan fingerprint density at radius 1 is 1.25 bits per heavy atom. The first kappa shape index (κ1) is 17.7. The highest BCUT2D eigenvalue weighted by Gasteiger charge is 2.29. The van der Waals surface area contributed by atoms with Gasteiger partial charge in [0.2, 0.25) is 5.91 Å². The molecule has 128 valence electrons. The molecule has 1 aliphatic heterocycles. The van der Waals surface area contributed by atoms with E-state index in [0.29, 0.717) is 9.99 Å². The second-order valence-corrected chi connectivity index (χ2v) is 6.64. The van der Waals surface area contributed by atoms with Gasteiger partial charge in [0.25, 0.3) is 0 Å². The summed E-state index contributed by atoms with van der Waals surface area (Å²) in [5.74, 6) is -1.28. The first-order valence-corrected chi connectivity index (χ1v) is 8.38. The molecule has 0 radical (unpaired) electrons. The van der Waals surface area contributed by atoms with Crippen molar-refractivity contribution in [3.8, 4) is 0 Å². The Labute approximate surface area is 140 Å². The van der Waals surface area contributed by atoms with Crippen molar-refractivity contribution in [3.05, 3.63) is 41.6 Å². The molecule has 1 heterocycles. The second-order valence-electron chi connectivity index (χ2n) is 5.10. The summed E-state index contributed by atoms with van der Waals surface area (Å²) in [6, 6.07) is 7.10. The molecular weight excluding hydrogens is 334 g/mol. The SMILES string of the molecule is COC(=O)C1=CN(CC(=O)Nc2ccccc2C)S(=O)(=O)N=C1C. The molecule has 1 aromatic rings. The van der Waals surface area contributed by atoms with Crippen LogP contribution >= 0.6 is 0 Å². The lowest BCUT2D eigenvalue weighted by Crippen LogP contribution is -2.37. The molecule has 8 nitrogen and oxygen atoms in total. The molecule has 24 heavy (non-hydrogen) atoms. The van der Waals surface area contributed by atoms with Gasteiger partial charge in [-0.2, -0.15) is 8.42 Å². The van der Waals surface area contributed by atoms with Gasteiger partial charge in [-0.15, -0.1) is 4.40 Å². The first-order valence-electron chi connectivity index (χ1n) is 6.99. The van der Waals surface area contributed by atoms with E-state index in [1.54, 1.807) is 12.1 Å². The summed E-state index contributed by atoms with van der Waals surface area (Å²) in [5, 5.41) is 2.63. The Morgan fingerprint density at radius 3 is 2.54 bits per heavy atom. The van der Waals surface area contributed by atoms with Gasteiger partial charge < -0.3 is 10.1 Å². The minimum Gasteiger partial charge on any atom is -0.465 e. The summed E-state index contributed by atoms with van der Waals surface area (Å²) in [6.07, 6.45) is 1.06. The number of nitrogens with zero attached hydrogens (tertiary/aromatic N) is 2. The number of methoxy groups -OCH3 is 1. The van der Waals surface area contributed by atoms with Crippen molar-refractivity contribution in [2.75, 3.05) is 19.0 Å². The molecule has 0 aromatic heterocycles. The Morgan fingerprint density at radius 2 is 1.92 bits per heavy atom. The van der Waals surface area contributed by atoms with E-state index in [0.717, 1.165) is 11.8 Å². The molecule has 1 N–H and O–H groups in total. The average molecular weight is 351 g/mol. The molecule has 0 saturated carbocycles. The van der Waals surface area contributed by atoms with E-state index in [4.69, 9.17) is 0 Å². The lowest BCUT2D eigenvalue weighted by molar-refractivity contribution is -0.135. The summed E-state index contributed by atoms with van der Waals surface area (Å²) in [4.78, 5) is 23.8. The lowest BCUT2D eigenvalue weighted by atomic mass is 10.2. The van der Waals surface area contributed by atoms with Crippen molar-refractivity contribution in [1.82, 2.24) is 4.31 Å². The van der Waals surface area contributed by atoms with E-state index < -0.39 is 28.6 Å². The van der Waals surface area contributed by atoms with Crippen molar-refractivity contribution >= 4 is 33.5 Å². The number of hydrogen-bond acceptors (Lipinski definition) is 5. The van der Waals surface area contributed by atoms with Gasteiger partial charge in [-0.3, -0.25) is 4.79 Å². The van der Waals surface area contributed by atoms with Gasteiger partial charge in [0.15, 0.2) is 0 Å². The summed E-state index contributed by atoms with van der Waals surface area (Å²) >= 11 is 0. The molecule has 0 saturated heterocycles. The molecule has 0 aliphatic carbocycles. The quantitative estimate of drug-likeness (QED) is 0.815. The molecule has 1 aromatic carbocycles. The number of rotatable bonds is 4. The van der Waals surface area contributed by atoms with E-state index in [1.807, 2.05) is 19.1 Å². The molecule has 0 fully saturated rings. The van der Waals surface area contributed by atoms with Gasteiger partial charge in [0, 0.05) is 11.9 Å². The topological polar surface area (TPSA) is 105 Å². The number of aryl methyl sites for hydroxylation is 1. The summed E-state index contributed by atoms with van der Waals surface area (Å²) in [7, 11) is -2.89. The van der Waals surface area contributed by atoms with Gasteiger partial charge in [0.05, 0.1) is 18.4 Å². The van der Waals surface area contributed by atoms with Crippen molar-refractivity contribution in [1.29, 1.82) is 0 Å². The van der Waals surface area contributed by atoms with E-state index in [9.17, 15) is 18.0 Å². The van der Waals surface area contributed by atoms with E-state index in [1.165, 1.54) is 14.0 Å². The fourth-order valence-electron chi connectivity index (χ4n) is 2.06. The Kier molecular flexibility index (Phi) is 5.03. The third-order valence-corrected chi connectivity index (χ3v) is 4.67. The standard InChI is InChI=1S/C15H17N3O5S/c1-10-6-4-5-7-13(10)16-14(19)9-18-8-12(15(20)23-3)11(2)17-24(18,21)22/h4-8H,9H2,1-3H3,(H,16,19). The summed E-state index contributed by atoms with van der Waals surface area (Å²) in [6.45, 7) is 2.69. The van der Waals surface area contributed by atoms with Crippen LogP contribution in [0.15, 0.2) is 40.4 Å². The first-order chi connectivity index (χ1) is 11.2. The summed E-state index contributed by atoms with van der Waals surface area (Å²) < 4.78 is 32.9. The van der Waals surface area contributed by atoms with Crippen molar-refractivity contribution in [2.24, 2.45) is 4.40 Å². The van der Waals surface area contributed by atoms with Gasteiger partial charge >= 0.3 is 16.2 Å².